The van der Waals surface area contributed by atoms with Crippen LogP contribution >= 0.6 is 0 Å². The van der Waals surface area contributed by atoms with Crippen molar-refractivity contribution in [3.8, 4) is 0 Å². The minimum absolute atomic E-state index is 0.0187. The summed E-state index contributed by atoms with van der Waals surface area (Å²) in [7, 11) is 0. The number of ketones is 1. The van der Waals surface area contributed by atoms with Gasteiger partial charge in [-0.15, -0.1) is 0 Å². The Bertz CT molecular complexity index is 838. The van der Waals surface area contributed by atoms with Gasteiger partial charge in [0.15, 0.2) is 5.78 Å². The topological polar surface area (TPSA) is 102 Å². The summed E-state index contributed by atoms with van der Waals surface area (Å²) in [4.78, 5) is 56.7. The van der Waals surface area contributed by atoms with Crippen molar-refractivity contribution < 1.29 is 28.8 Å². The number of nitrogens with zero attached hydrogens (tertiary/aromatic N) is 1. The summed E-state index contributed by atoms with van der Waals surface area (Å²) < 4.78 is 5.27. The standard InChI is InChI=1S/C23H32N2O6/c1-14-16(17(26)18(22(2,3)4)24-21(29)31-23(5,6)7)20(28)25(19(14)27)30-13-15-11-9-8-10-12-15/h8-12,14,16,18H,13H2,1-7H3,(H,24,29)/t14?,16?,18-/m1/s1. The number of rotatable bonds is 6. The van der Waals surface area contributed by atoms with Crippen LogP contribution in [0.15, 0.2) is 30.3 Å². The fourth-order valence-electron chi connectivity index (χ4n) is 3.30. The third-order valence-corrected chi connectivity index (χ3v) is 4.88. The minimum atomic E-state index is -1.25. The predicted molar refractivity (Wildman–Crippen MR) is 113 cm³/mol. The molecule has 0 aromatic heterocycles. The van der Waals surface area contributed by atoms with E-state index in [2.05, 4.69) is 5.32 Å². The summed E-state index contributed by atoms with van der Waals surface area (Å²) in [5.41, 5.74) is -0.677. The molecular formula is C23H32N2O6. The maximum absolute atomic E-state index is 13.4. The molecule has 2 rings (SSSR count). The lowest BCUT2D eigenvalue weighted by Crippen LogP contribution is -2.53. The van der Waals surface area contributed by atoms with Crippen LogP contribution in [-0.2, 0) is 30.6 Å². The molecule has 0 bridgehead atoms. The van der Waals surface area contributed by atoms with Crippen LogP contribution in [0.4, 0.5) is 4.79 Å². The molecule has 1 heterocycles. The lowest BCUT2D eigenvalue weighted by atomic mass is 9.78. The van der Waals surface area contributed by atoms with Crippen molar-refractivity contribution in [3.63, 3.8) is 0 Å². The molecule has 0 saturated carbocycles. The number of carbonyl (C=O) groups is 4. The number of alkyl carbamates (subject to hydrolysis) is 1. The molecule has 2 unspecified atom stereocenters. The highest BCUT2D eigenvalue weighted by molar-refractivity contribution is 6.16. The van der Waals surface area contributed by atoms with E-state index < -0.39 is 52.6 Å². The number of benzene rings is 1. The molecule has 1 N–H and O–H groups in total. The molecule has 8 nitrogen and oxygen atoms in total. The smallest absolute Gasteiger partial charge is 0.408 e. The van der Waals surface area contributed by atoms with Crippen LogP contribution in [0.5, 0.6) is 0 Å². The van der Waals surface area contributed by atoms with Crippen LogP contribution in [0, 0.1) is 17.3 Å². The maximum atomic E-state index is 13.4. The van der Waals surface area contributed by atoms with Crippen molar-refractivity contribution in [2.75, 3.05) is 0 Å². The molecule has 1 aromatic carbocycles. The Kier molecular flexibility index (Phi) is 7.26. The van der Waals surface area contributed by atoms with Crippen molar-refractivity contribution in [1.29, 1.82) is 0 Å². The number of carbonyl (C=O) groups excluding carboxylic acids is 4. The summed E-state index contributed by atoms with van der Waals surface area (Å²) in [6.07, 6.45) is -0.762. The quantitative estimate of drug-likeness (QED) is 0.547. The molecular weight excluding hydrogens is 400 g/mol. The molecule has 1 aliphatic heterocycles. The fraction of sp³-hybridized carbons (Fsp3) is 0.565. The van der Waals surface area contributed by atoms with Crippen molar-refractivity contribution >= 4 is 23.7 Å². The number of amides is 3. The average molecular weight is 433 g/mol. The largest absolute Gasteiger partial charge is 0.444 e. The van der Waals surface area contributed by atoms with Crippen molar-refractivity contribution in [3.05, 3.63) is 35.9 Å². The number of hydroxylamine groups is 2. The molecule has 1 aromatic rings. The van der Waals surface area contributed by atoms with E-state index in [9.17, 15) is 19.2 Å². The van der Waals surface area contributed by atoms with E-state index in [0.717, 1.165) is 5.56 Å². The summed E-state index contributed by atoms with van der Waals surface area (Å²) in [5.74, 6) is -4.00. The first-order valence-corrected chi connectivity index (χ1v) is 10.3. The normalized spacial score (nSPS) is 20.5. The molecule has 0 radical (unpaired) electrons. The van der Waals surface area contributed by atoms with E-state index in [1.165, 1.54) is 6.92 Å². The Morgan fingerprint density at radius 3 is 2.13 bits per heavy atom. The third kappa shape index (κ3) is 6.13. The SMILES string of the molecule is CC1C(=O)N(OCc2ccccc2)C(=O)C1C(=O)[C@@H](NC(=O)OC(C)(C)C)C(C)(C)C. The zero-order chi connectivity index (χ0) is 23.6. The monoisotopic (exact) mass is 432 g/mol. The summed E-state index contributed by atoms with van der Waals surface area (Å²) in [6.45, 7) is 12.0. The second-order valence-electron chi connectivity index (χ2n) is 9.84. The highest BCUT2D eigenvalue weighted by Gasteiger charge is 2.53. The van der Waals surface area contributed by atoms with Crippen molar-refractivity contribution in [1.82, 2.24) is 10.4 Å². The van der Waals surface area contributed by atoms with Gasteiger partial charge in [0.1, 0.15) is 18.1 Å². The second kappa shape index (κ2) is 9.18. The first kappa shape index (κ1) is 24.5. The van der Waals surface area contributed by atoms with Crippen LogP contribution < -0.4 is 5.32 Å². The molecule has 8 heteroatoms. The van der Waals surface area contributed by atoms with Gasteiger partial charge in [0, 0.05) is 0 Å². The number of nitrogens with one attached hydrogen (secondary N) is 1. The van der Waals surface area contributed by atoms with Crippen LogP contribution in [0.3, 0.4) is 0 Å². The second-order valence-corrected chi connectivity index (χ2v) is 9.84. The summed E-state index contributed by atoms with van der Waals surface area (Å²) in [5, 5.41) is 3.26. The van der Waals surface area contributed by atoms with Gasteiger partial charge in [-0.2, -0.15) is 5.06 Å². The van der Waals surface area contributed by atoms with Gasteiger partial charge in [0.05, 0.1) is 12.0 Å². The average Bonchev–Trinajstić information content (AvgIpc) is 2.85. The Morgan fingerprint density at radius 1 is 1.03 bits per heavy atom. The van der Waals surface area contributed by atoms with E-state index in [1.54, 1.807) is 53.7 Å². The number of Topliss-reactive ketones (excluding diaryl/α,β-unsaturated/α-hetero) is 1. The predicted octanol–water partition coefficient (Wildman–Crippen LogP) is 3.25. The van der Waals surface area contributed by atoms with Gasteiger partial charge in [-0.3, -0.25) is 19.2 Å². The van der Waals surface area contributed by atoms with Crippen molar-refractivity contribution in [2.24, 2.45) is 17.3 Å². The summed E-state index contributed by atoms with van der Waals surface area (Å²) in [6, 6.07) is 8.06. The van der Waals surface area contributed by atoms with Gasteiger partial charge in [-0.25, -0.2) is 4.79 Å². The molecule has 3 amide bonds. The maximum Gasteiger partial charge on any atom is 0.408 e. The first-order chi connectivity index (χ1) is 14.2. The molecule has 31 heavy (non-hydrogen) atoms. The van der Waals surface area contributed by atoms with E-state index >= 15 is 0 Å². The van der Waals surface area contributed by atoms with Crippen molar-refractivity contribution in [2.45, 2.75) is 66.7 Å². The number of ether oxygens (including phenoxy) is 1. The number of hydrogen-bond donors (Lipinski definition) is 1. The molecule has 0 aliphatic carbocycles. The molecule has 1 aliphatic rings. The number of imide groups is 1. The molecule has 1 fully saturated rings. The van der Waals surface area contributed by atoms with E-state index in [-0.39, 0.29) is 6.61 Å². The van der Waals surface area contributed by atoms with Gasteiger partial charge in [0.25, 0.3) is 11.8 Å². The number of hydrogen-bond acceptors (Lipinski definition) is 6. The Balaban J connectivity index is 2.19. The van der Waals surface area contributed by atoms with Crippen LogP contribution in [0.2, 0.25) is 0 Å². The zero-order valence-corrected chi connectivity index (χ0v) is 19.2. The lowest BCUT2D eigenvalue weighted by molar-refractivity contribution is -0.193. The zero-order valence-electron chi connectivity index (χ0n) is 19.2. The molecule has 170 valence electrons. The molecule has 0 spiro atoms. The molecule has 3 atom stereocenters. The minimum Gasteiger partial charge on any atom is -0.444 e. The van der Waals surface area contributed by atoms with Gasteiger partial charge in [-0.1, -0.05) is 58.0 Å². The van der Waals surface area contributed by atoms with Gasteiger partial charge in [-0.05, 0) is 31.7 Å². The van der Waals surface area contributed by atoms with Crippen LogP contribution in [0.25, 0.3) is 0 Å². The Labute approximate surface area is 183 Å². The fourth-order valence-corrected chi connectivity index (χ4v) is 3.30. The van der Waals surface area contributed by atoms with E-state index in [1.807, 2.05) is 18.2 Å². The van der Waals surface area contributed by atoms with E-state index in [4.69, 9.17) is 9.57 Å². The highest BCUT2D eigenvalue weighted by atomic mass is 16.7. The van der Waals surface area contributed by atoms with Gasteiger partial charge in [0.2, 0.25) is 0 Å². The van der Waals surface area contributed by atoms with Gasteiger partial charge < -0.3 is 10.1 Å². The Morgan fingerprint density at radius 2 is 1.61 bits per heavy atom. The van der Waals surface area contributed by atoms with Gasteiger partial charge >= 0.3 is 6.09 Å². The lowest BCUT2D eigenvalue weighted by Gasteiger charge is -2.32. The van der Waals surface area contributed by atoms with E-state index in [0.29, 0.717) is 5.06 Å². The summed E-state index contributed by atoms with van der Waals surface area (Å²) >= 11 is 0. The first-order valence-electron chi connectivity index (χ1n) is 10.3. The molecule has 1 saturated heterocycles. The third-order valence-electron chi connectivity index (χ3n) is 4.88. The Hall–Kier alpha value is -2.74. The van der Waals surface area contributed by atoms with Crippen LogP contribution in [-0.4, -0.2) is 40.4 Å². The van der Waals surface area contributed by atoms with Crippen LogP contribution in [0.1, 0.15) is 54.0 Å². The highest BCUT2D eigenvalue weighted by Crippen LogP contribution is 2.32.